The van der Waals surface area contributed by atoms with Gasteiger partial charge in [-0.1, -0.05) is 39.8 Å². The number of anilines is 2. The van der Waals surface area contributed by atoms with Crippen molar-refractivity contribution in [2.45, 2.75) is 52.6 Å². The number of carbonyl (C=O) groups excluding carboxylic acids is 3. The molecule has 7 nitrogen and oxygen atoms in total. The van der Waals surface area contributed by atoms with E-state index in [1.165, 1.54) is 17.2 Å². The van der Waals surface area contributed by atoms with Gasteiger partial charge >= 0.3 is 0 Å². The topological polar surface area (TPSA) is 91.4 Å². The highest BCUT2D eigenvalue weighted by atomic mass is 19.1. The van der Waals surface area contributed by atoms with Gasteiger partial charge in [-0.05, 0) is 36.1 Å². The smallest absolute Gasteiger partial charge is 0.251 e. The fraction of sp³-hybridized carbons (Fsp3) is 0.417. The Morgan fingerprint density at radius 2 is 1.79 bits per heavy atom. The van der Waals surface area contributed by atoms with Gasteiger partial charge in [-0.15, -0.1) is 0 Å². The second-order valence-corrected chi connectivity index (χ2v) is 8.54. The zero-order valence-corrected chi connectivity index (χ0v) is 19.1. The van der Waals surface area contributed by atoms with Gasteiger partial charge in [0.2, 0.25) is 11.8 Å². The number of aromatic nitrogens is 1. The van der Waals surface area contributed by atoms with Crippen LogP contribution in [0, 0.1) is 23.5 Å². The number of benzene rings is 1. The van der Waals surface area contributed by atoms with E-state index in [0.29, 0.717) is 17.8 Å². The van der Waals surface area contributed by atoms with E-state index in [9.17, 15) is 23.2 Å². The number of hydrogen-bond donors (Lipinski definition) is 2. The summed E-state index contributed by atoms with van der Waals surface area (Å²) in [5.41, 5.74) is 0.0695. The molecule has 0 bridgehead atoms. The molecule has 0 aliphatic carbocycles. The molecule has 0 fully saturated rings. The van der Waals surface area contributed by atoms with Crippen LogP contribution < -0.4 is 15.5 Å². The molecule has 1 aliphatic heterocycles. The van der Waals surface area contributed by atoms with Gasteiger partial charge < -0.3 is 10.6 Å². The Bertz CT molecular complexity index is 1040. The van der Waals surface area contributed by atoms with Crippen LogP contribution in [-0.2, 0) is 20.8 Å². The molecule has 3 atom stereocenters. The zero-order chi connectivity index (χ0) is 24.3. The standard InChI is InChI=1S/C24H28F2N4O3/c1-5-14(4)22(31)28-19(13(2)3)24(33)30-18(12-15-8-7-11-27-21(15)30)23(32)29-20-16(25)9-6-10-17(20)26/h6-11,13-14,18-19H,5,12H2,1-4H3,(H,28,31)(H,29,32)/t14-,18+,19+/m1/s1. The van der Waals surface area contributed by atoms with Crippen molar-refractivity contribution < 1.29 is 23.2 Å². The van der Waals surface area contributed by atoms with Gasteiger partial charge in [0.15, 0.2) is 0 Å². The summed E-state index contributed by atoms with van der Waals surface area (Å²) in [6, 6.07) is 4.70. The molecule has 0 radical (unpaired) electrons. The van der Waals surface area contributed by atoms with E-state index in [1.807, 2.05) is 6.92 Å². The van der Waals surface area contributed by atoms with Crippen LogP contribution in [0.15, 0.2) is 36.5 Å². The summed E-state index contributed by atoms with van der Waals surface area (Å²) in [5, 5.41) is 5.07. The van der Waals surface area contributed by atoms with Crippen LogP contribution in [0.3, 0.4) is 0 Å². The lowest BCUT2D eigenvalue weighted by Crippen LogP contribution is -2.56. The van der Waals surface area contributed by atoms with Gasteiger partial charge in [0, 0.05) is 18.5 Å². The predicted molar refractivity (Wildman–Crippen MR) is 120 cm³/mol. The number of nitrogens with one attached hydrogen (secondary N) is 2. The Morgan fingerprint density at radius 1 is 1.12 bits per heavy atom. The number of fused-ring (bicyclic) bond motifs is 1. The van der Waals surface area contributed by atoms with Gasteiger partial charge in [0.25, 0.3) is 5.91 Å². The Hall–Kier alpha value is -3.36. The van der Waals surface area contributed by atoms with Crippen LogP contribution in [0.25, 0.3) is 0 Å². The maximum Gasteiger partial charge on any atom is 0.251 e. The van der Waals surface area contributed by atoms with Crippen LogP contribution in [0.2, 0.25) is 0 Å². The quantitative estimate of drug-likeness (QED) is 0.665. The number of rotatable bonds is 7. The molecular formula is C24H28F2N4O3. The second kappa shape index (κ2) is 10.1. The van der Waals surface area contributed by atoms with Crippen molar-refractivity contribution in [1.29, 1.82) is 0 Å². The first-order valence-electron chi connectivity index (χ1n) is 11.0. The molecule has 33 heavy (non-hydrogen) atoms. The monoisotopic (exact) mass is 458 g/mol. The van der Waals surface area contributed by atoms with Crippen molar-refractivity contribution >= 4 is 29.2 Å². The van der Waals surface area contributed by atoms with E-state index in [2.05, 4.69) is 15.6 Å². The molecule has 9 heteroatoms. The highest BCUT2D eigenvalue weighted by Gasteiger charge is 2.43. The van der Waals surface area contributed by atoms with E-state index >= 15 is 0 Å². The van der Waals surface area contributed by atoms with Crippen molar-refractivity contribution in [2.75, 3.05) is 10.2 Å². The predicted octanol–water partition coefficient (Wildman–Crippen LogP) is 3.44. The minimum absolute atomic E-state index is 0.126. The van der Waals surface area contributed by atoms with E-state index in [-0.39, 0.29) is 24.2 Å². The molecule has 1 aliphatic rings. The lowest BCUT2D eigenvalue weighted by Gasteiger charge is -2.31. The molecule has 1 aromatic carbocycles. The largest absolute Gasteiger partial charge is 0.344 e. The second-order valence-electron chi connectivity index (χ2n) is 8.54. The van der Waals surface area contributed by atoms with Gasteiger partial charge in [-0.2, -0.15) is 0 Å². The normalized spacial score (nSPS) is 16.8. The van der Waals surface area contributed by atoms with E-state index in [1.54, 1.807) is 32.9 Å². The first kappa shape index (κ1) is 24.3. The Labute approximate surface area is 191 Å². The third kappa shape index (κ3) is 5.02. The van der Waals surface area contributed by atoms with Crippen molar-refractivity contribution in [3.8, 4) is 0 Å². The fourth-order valence-electron chi connectivity index (χ4n) is 3.69. The summed E-state index contributed by atoms with van der Waals surface area (Å²) < 4.78 is 28.2. The van der Waals surface area contributed by atoms with E-state index in [4.69, 9.17) is 0 Å². The lowest BCUT2D eigenvalue weighted by atomic mass is 10.00. The van der Waals surface area contributed by atoms with Crippen LogP contribution in [0.5, 0.6) is 0 Å². The van der Waals surface area contributed by atoms with Gasteiger partial charge in [-0.3, -0.25) is 19.3 Å². The zero-order valence-electron chi connectivity index (χ0n) is 19.1. The van der Waals surface area contributed by atoms with E-state index in [0.717, 1.165) is 12.1 Å². The number of halogens is 2. The summed E-state index contributed by atoms with van der Waals surface area (Å²) in [6.07, 6.45) is 2.23. The summed E-state index contributed by atoms with van der Waals surface area (Å²) in [5.74, 6) is -3.63. The highest BCUT2D eigenvalue weighted by Crippen LogP contribution is 2.32. The Balaban J connectivity index is 1.94. The molecule has 0 saturated carbocycles. The number of pyridine rings is 1. The Morgan fingerprint density at radius 3 is 2.39 bits per heavy atom. The van der Waals surface area contributed by atoms with Crippen molar-refractivity contribution in [2.24, 2.45) is 11.8 Å². The SMILES string of the molecule is CC[C@@H](C)C(=O)N[C@H](C(=O)N1c2ncccc2C[C@H]1C(=O)Nc1c(F)cccc1F)C(C)C. The summed E-state index contributed by atoms with van der Waals surface area (Å²) in [4.78, 5) is 44.8. The highest BCUT2D eigenvalue weighted by molar-refractivity contribution is 6.09. The first-order chi connectivity index (χ1) is 15.6. The average Bonchev–Trinajstić information content (AvgIpc) is 3.18. The van der Waals surface area contributed by atoms with Gasteiger partial charge in [0.05, 0.1) is 0 Å². The molecule has 0 saturated heterocycles. The van der Waals surface area contributed by atoms with Gasteiger partial charge in [0.1, 0.15) is 35.2 Å². The minimum Gasteiger partial charge on any atom is -0.344 e. The van der Waals surface area contributed by atoms with Crippen LogP contribution in [-0.4, -0.2) is 34.8 Å². The summed E-state index contributed by atoms with van der Waals surface area (Å²) in [6.45, 7) is 7.22. The minimum atomic E-state index is -1.08. The molecule has 176 valence electrons. The molecule has 2 aromatic rings. The molecule has 2 heterocycles. The number of carbonyl (C=O) groups is 3. The molecule has 1 aromatic heterocycles. The number of hydrogen-bond acceptors (Lipinski definition) is 4. The lowest BCUT2D eigenvalue weighted by molar-refractivity contribution is -0.131. The van der Waals surface area contributed by atoms with Crippen LogP contribution in [0.1, 0.15) is 39.7 Å². The number of para-hydroxylation sites is 1. The third-order valence-electron chi connectivity index (χ3n) is 5.86. The molecule has 3 rings (SSSR count). The molecular weight excluding hydrogens is 430 g/mol. The average molecular weight is 459 g/mol. The van der Waals surface area contributed by atoms with Crippen molar-refractivity contribution in [1.82, 2.24) is 10.3 Å². The maximum atomic E-state index is 14.1. The van der Waals surface area contributed by atoms with Crippen LogP contribution >= 0.6 is 0 Å². The third-order valence-corrected chi connectivity index (χ3v) is 5.86. The Kier molecular flexibility index (Phi) is 7.40. The summed E-state index contributed by atoms with van der Waals surface area (Å²) >= 11 is 0. The molecule has 0 spiro atoms. The molecule has 3 amide bonds. The van der Waals surface area contributed by atoms with Crippen LogP contribution in [0.4, 0.5) is 20.3 Å². The van der Waals surface area contributed by atoms with E-state index < -0.39 is 41.2 Å². The molecule has 0 unspecified atom stereocenters. The van der Waals surface area contributed by atoms with Crippen molar-refractivity contribution in [3.05, 3.63) is 53.7 Å². The fourth-order valence-corrected chi connectivity index (χ4v) is 3.69. The molecule has 2 N–H and O–H groups in total. The van der Waals surface area contributed by atoms with Gasteiger partial charge in [-0.25, -0.2) is 13.8 Å². The summed E-state index contributed by atoms with van der Waals surface area (Å²) in [7, 11) is 0. The number of nitrogens with zero attached hydrogens (tertiary/aromatic N) is 2. The number of amides is 3. The maximum absolute atomic E-state index is 14.1. The first-order valence-corrected chi connectivity index (χ1v) is 11.0. The van der Waals surface area contributed by atoms with Crippen molar-refractivity contribution in [3.63, 3.8) is 0 Å².